The van der Waals surface area contributed by atoms with Crippen LogP contribution in [0.4, 0.5) is 5.69 Å². The highest BCUT2D eigenvalue weighted by molar-refractivity contribution is 7.80. The van der Waals surface area contributed by atoms with Crippen LogP contribution in [0.3, 0.4) is 0 Å². The van der Waals surface area contributed by atoms with Gasteiger partial charge in [-0.2, -0.15) is 0 Å². The number of benzene rings is 1. The second kappa shape index (κ2) is 7.43. The number of nitrogens with zero attached hydrogens (tertiary/aromatic N) is 1. The molecule has 2 aliphatic heterocycles. The Hall–Kier alpha value is -1.82. The van der Waals surface area contributed by atoms with Crippen LogP contribution in [0.1, 0.15) is 44.9 Å². The van der Waals surface area contributed by atoms with Crippen molar-refractivity contribution in [2.24, 2.45) is 5.92 Å². The summed E-state index contributed by atoms with van der Waals surface area (Å²) in [7, 11) is 1.67. The second-order valence-electron chi connectivity index (χ2n) is 7.76. The van der Waals surface area contributed by atoms with Crippen LogP contribution in [0.15, 0.2) is 24.3 Å². The molecule has 2 heterocycles. The van der Waals surface area contributed by atoms with Crippen molar-refractivity contribution in [3.8, 4) is 5.75 Å². The van der Waals surface area contributed by atoms with Gasteiger partial charge in [0, 0.05) is 35.8 Å². The maximum atomic E-state index is 12.1. The summed E-state index contributed by atoms with van der Waals surface area (Å²) in [4.78, 5) is 14.5. The largest absolute Gasteiger partial charge is 0.497 e. The smallest absolute Gasteiger partial charge is 0.223 e. The lowest BCUT2D eigenvalue weighted by molar-refractivity contribution is -0.123. The minimum Gasteiger partial charge on any atom is -0.497 e. The summed E-state index contributed by atoms with van der Waals surface area (Å²) in [5.41, 5.74) is 0.955. The number of thiocarbonyl (C=S) groups is 1. The Kier molecular flexibility index (Phi) is 5.02. The third-order valence-electron chi connectivity index (χ3n) is 5.82. The van der Waals surface area contributed by atoms with E-state index in [9.17, 15) is 4.79 Å². The number of nitrogens with one attached hydrogen (secondary N) is 2. The number of rotatable bonds is 4. The maximum absolute atomic E-state index is 12.1. The molecule has 5 nitrogen and oxygen atoms in total. The minimum absolute atomic E-state index is 0.263. The van der Waals surface area contributed by atoms with Gasteiger partial charge in [0.1, 0.15) is 5.75 Å². The third kappa shape index (κ3) is 3.80. The van der Waals surface area contributed by atoms with Crippen molar-refractivity contribution < 1.29 is 9.53 Å². The first-order valence-corrected chi connectivity index (χ1v) is 10.1. The molecule has 2 atom stereocenters. The summed E-state index contributed by atoms with van der Waals surface area (Å²) in [6.45, 7) is 0. The first-order valence-electron chi connectivity index (χ1n) is 9.68. The highest BCUT2D eigenvalue weighted by Gasteiger charge is 2.41. The van der Waals surface area contributed by atoms with Crippen molar-refractivity contribution in [2.75, 3.05) is 12.4 Å². The van der Waals surface area contributed by atoms with Gasteiger partial charge in [0.25, 0.3) is 0 Å². The van der Waals surface area contributed by atoms with Crippen LogP contribution in [0.25, 0.3) is 0 Å². The van der Waals surface area contributed by atoms with Crippen molar-refractivity contribution in [1.29, 1.82) is 0 Å². The molecule has 0 radical (unpaired) electrons. The van der Waals surface area contributed by atoms with Crippen molar-refractivity contribution in [1.82, 2.24) is 10.2 Å². The number of hydrogen-bond acceptors (Lipinski definition) is 3. The number of anilines is 1. The zero-order valence-corrected chi connectivity index (χ0v) is 16.1. The van der Waals surface area contributed by atoms with Crippen molar-refractivity contribution >= 4 is 28.9 Å². The zero-order chi connectivity index (χ0) is 18.1. The van der Waals surface area contributed by atoms with Crippen molar-refractivity contribution in [3.05, 3.63) is 24.3 Å². The Morgan fingerprint density at radius 1 is 1.19 bits per heavy atom. The molecule has 0 spiro atoms. The number of carbonyl (C=O) groups excluding carboxylic acids is 1. The van der Waals surface area contributed by atoms with Gasteiger partial charge in [0.05, 0.1) is 7.11 Å². The molecule has 1 amide bonds. The molecule has 1 aliphatic carbocycles. The molecular formula is C20H27N3O2S. The lowest BCUT2D eigenvalue weighted by Crippen LogP contribution is -2.59. The molecule has 1 aromatic rings. The van der Waals surface area contributed by atoms with E-state index in [4.69, 9.17) is 17.0 Å². The summed E-state index contributed by atoms with van der Waals surface area (Å²) in [5, 5.41) is 7.47. The molecule has 1 aromatic carbocycles. The minimum atomic E-state index is 0.263. The predicted molar refractivity (Wildman–Crippen MR) is 106 cm³/mol. The van der Waals surface area contributed by atoms with Crippen molar-refractivity contribution in [2.45, 2.75) is 63.1 Å². The number of methoxy groups -OCH3 is 1. The molecule has 6 heteroatoms. The summed E-state index contributed by atoms with van der Waals surface area (Å²) in [6, 6.07) is 8.99. The van der Waals surface area contributed by atoms with Gasteiger partial charge < -0.3 is 20.3 Å². The van der Waals surface area contributed by atoms with Crippen LogP contribution >= 0.6 is 12.2 Å². The van der Waals surface area contributed by atoms with E-state index in [0.29, 0.717) is 18.1 Å². The average molecular weight is 374 g/mol. The van der Waals surface area contributed by atoms with E-state index in [-0.39, 0.29) is 11.8 Å². The Morgan fingerprint density at radius 2 is 1.92 bits per heavy atom. The molecule has 4 rings (SSSR count). The first kappa shape index (κ1) is 17.6. The van der Waals surface area contributed by atoms with Gasteiger partial charge in [-0.3, -0.25) is 4.79 Å². The van der Waals surface area contributed by atoms with E-state index in [1.807, 2.05) is 24.3 Å². The van der Waals surface area contributed by atoms with E-state index in [1.165, 1.54) is 6.42 Å². The fourth-order valence-corrected chi connectivity index (χ4v) is 4.80. The van der Waals surface area contributed by atoms with E-state index in [0.717, 1.165) is 55.1 Å². The lowest BCUT2D eigenvalue weighted by Gasteiger charge is -2.50. The number of ether oxygens (including phenoxy) is 1. The van der Waals surface area contributed by atoms with Gasteiger partial charge in [-0.05, 0) is 69.3 Å². The van der Waals surface area contributed by atoms with Crippen LogP contribution in [0.2, 0.25) is 0 Å². The SMILES string of the molecule is COc1cccc(NC(=S)N2[C@H]3CCC[C@H]2CC(NC(=O)C2CC2)C3)c1. The molecule has 3 fully saturated rings. The molecule has 0 aromatic heterocycles. The average Bonchev–Trinajstić information content (AvgIpc) is 3.46. The molecule has 2 N–H and O–H groups in total. The number of hydrogen-bond donors (Lipinski definition) is 2. The first-order chi connectivity index (χ1) is 12.6. The predicted octanol–water partition coefficient (Wildman–Crippen LogP) is 3.30. The Labute approximate surface area is 160 Å². The molecule has 1 saturated carbocycles. The lowest BCUT2D eigenvalue weighted by atomic mass is 9.82. The third-order valence-corrected chi connectivity index (χ3v) is 6.14. The van der Waals surface area contributed by atoms with Crippen LogP contribution in [-0.2, 0) is 4.79 Å². The summed E-state index contributed by atoms with van der Waals surface area (Å²) < 4.78 is 5.29. The van der Waals surface area contributed by atoms with Gasteiger partial charge in [-0.15, -0.1) is 0 Å². The summed E-state index contributed by atoms with van der Waals surface area (Å²) in [5.74, 6) is 1.36. The number of fused-ring (bicyclic) bond motifs is 2. The second-order valence-corrected chi connectivity index (χ2v) is 8.15. The molecule has 140 valence electrons. The zero-order valence-electron chi connectivity index (χ0n) is 15.2. The highest BCUT2D eigenvalue weighted by Crippen LogP contribution is 2.36. The molecular weight excluding hydrogens is 346 g/mol. The van der Waals surface area contributed by atoms with Crippen molar-refractivity contribution in [3.63, 3.8) is 0 Å². The fourth-order valence-electron chi connectivity index (χ4n) is 4.38. The normalized spacial score (nSPS) is 27.6. The van der Waals surface area contributed by atoms with Gasteiger partial charge in [0.2, 0.25) is 5.91 Å². The summed E-state index contributed by atoms with van der Waals surface area (Å²) >= 11 is 5.75. The standard InChI is InChI=1S/C20H27N3O2S/c1-25-18-7-2-4-14(12-18)22-20(26)23-16-5-3-6-17(23)11-15(10-16)21-19(24)13-8-9-13/h2,4,7,12-13,15-17H,3,5-6,8-11H2,1H3,(H,21,24)(H,22,26)/t16-,17-/m0/s1. The van der Waals surface area contributed by atoms with E-state index >= 15 is 0 Å². The van der Waals surface area contributed by atoms with Gasteiger partial charge >= 0.3 is 0 Å². The van der Waals surface area contributed by atoms with E-state index in [1.54, 1.807) is 7.11 Å². The summed E-state index contributed by atoms with van der Waals surface area (Å²) in [6.07, 6.45) is 7.65. The molecule has 26 heavy (non-hydrogen) atoms. The Bertz CT molecular complexity index is 677. The van der Waals surface area contributed by atoms with Crippen LogP contribution in [-0.4, -0.2) is 41.2 Å². The Balaban J connectivity index is 1.41. The van der Waals surface area contributed by atoms with E-state index in [2.05, 4.69) is 15.5 Å². The Morgan fingerprint density at radius 3 is 2.58 bits per heavy atom. The monoisotopic (exact) mass is 373 g/mol. The molecule has 2 saturated heterocycles. The van der Waals surface area contributed by atoms with Gasteiger partial charge in [0.15, 0.2) is 5.11 Å². The quantitative estimate of drug-likeness (QED) is 0.793. The highest BCUT2D eigenvalue weighted by atomic mass is 32.1. The van der Waals surface area contributed by atoms with Gasteiger partial charge in [-0.25, -0.2) is 0 Å². The molecule has 2 bridgehead atoms. The van der Waals surface area contributed by atoms with Crippen LogP contribution in [0.5, 0.6) is 5.75 Å². The topological polar surface area (TPSA) is 53.6 Å². The van der Waals surface area contributed by atoms with E-state index < -0.39 is 0 Å². The maximum Gasteiger partial charge on any atom is 0.223 e. The molecule has 0 unspecified atom stereocenters. The van der Waals surface area contributed by atoms with Crippen LogP contribution < -0.4 is 15.4 Å². The number of carbonyl (C=O) groups is 1. The van der Waals surface area contributed by atoms with Gasteiger partial charge in [-0.1, -0.05) is 6.07 Å². The fraction of sp³-hybridized carbons (Fsp3) is 0.600. The van der Waals surface area contributed by atoms with Crippen LogP contribution in [0, 0.1) is 5.92 Å². The number of amides is 1. The molecule has 3 aliphatic rings. The number of piperidine rings is 2.